The molecule has 0 saturated carbocycles. The number of hydrogen-bond acceptors (Lipinski definition) is 5. The Morgan fingerprint density at radius 2 is 1.53 bits per heavy atom. The number of nitrogens with one attached hydrogen (secondary N) is 2. The highest BCUT2D eigenvalue weighted by atomic mass is 16.5. The lowest BCUT2D eigenvalue weighted by Gasteiger charge is -2.11. The molecule has 2 amide bonds. The highest BCUT2D eigenvalue weighted by Gasteiger charge is 2.10. The molecule has 3 aromatic rings. The number of aryl methyl sites for hydroxylation is 2. The largest absolute Gasteiger partial charge is 0.483 e. The molecule has 0 aliphatic carbocycles. The first-order chi connectivity index (χ1) is 15.3. The van der Waals surface area contributed by atoms with E-state index in [1.807, 2.05) is 32.0 Å². The smallest absolute Gasteiger partial charge is 0.308 e. The van der Waals surface area contributed by atoms with Gasteiger partial charge >= 0.3 is 5.97 Å². The monoisotopic (exact) mass is 432 g/mol. The molecule has 0 atom stereocenters. The number of carbonyl (C=O) groups is 3. The molecule has 32 heavy (non-hydrogen) atoms. The van der Waals surface area contributed by atoms with Gasteiger partial charge in [-0.3, -0.25) is 14.4 Å². The molecule has 0 heterocycles. The standard InChI is InChI=1S/C25H24N2O5/c1-16-7-12-23(17(2)13-16)31-15-24(29)26-20-8-10-21(11-9-20)27-25(30)19-5-4-6-22(14-19)32-18(3)28/h4-14H,15H2,1-3H3,(H,26,29)(H,27,30). The number of rotatable bonds is 7. The van der Waals surface area contributed by atoms with E-state index in [9.17, 15) is 14.4 Å². The van der Waals surface area contributed by atoms with Crippen LogP contribution in [0.4, 0.5) is 11.4 Å². The molecule has 164 valence electrons. The van der Waals surface area contributed by atoms with Crippen LogP contribution in [0.1, 0.15) is 28.4 Å². The van der Waals surface area contributed by atoms with E-state index in [2.05, 4.69) is 10.6 Å². The van der Waals surface area contributed by atoms with Gasteiger partial charge in [0.1, 0.15) is 11.5 Å². The molecule has 0 aromatic heterocycles. The Morgan fingerprint density at radius 3 is 2.19 bits per heavy atom. The minimum absolute atomic E-state index is 0.110. The van der Waals surface area contributed by atoms with Crippen molar-refractivity contribution in [1.82, 2.24) is 0 Å². The molecule has 0 radical (unpaired) electrons. The zero-order chi connectivity index (χ0) is 23.1. The number of esters is 1. The van der Waals surface area contributed by atoms with Crippen molar-refractivity contribution >= 4 is 29.2 Å². The van der Waals surface area contributed by atoms with E-state index in [1.165, 1.54) is 13.0 Å². The summed E-state index contributed by atoms with van der Waals surface area (Å²) in [5.41, 5.74) is 3.58. The average Bonchev–Trinajstić information content (AvgIpc) is 2.74. The first-order valence-electron chi connectivity index (χ1n) is 10.00. The second-order valence-electron chi connectivity index (χ2n) is 7.26. The molecular weight excluding hydrogens is 408 g/mol. The minimum Gasteiger partial charge on any atom is -0.483 e. The number of carbonyl (C=O) groups excluding carboxylic acids is 3. The average molecular weight is 432 g/mol. The van der Waals surface area contributed by atoms with Crippen molar-refractivity contribution in [3.8, 4) is 11.5 Å². The summed E-state index contributed by atoms with van der Waals surface area (Å²) in [6.07, 6.45) is 0. The van der Waals surface area contributed by atoms with Gasteiger partial charge < -0.3 is 20.1 Å². The number of amides is 2. The van der Waals surface area contributed by atoms with Gasteiger partial charge in [-0.25, -0.2) is 0 Å². The Hall–Kier alpha value is -4.13. The maximum atomic E-state index is 12.4. The fourth-order valence-corrected chi connectivity index (χ4v) is 3.01. The van der Waals surface area contributed by atoms with Gasteiger partial charge in [0, 0.05) is 23.9 Å². The first-order valence-corrected chi connectivity index (χ1v) is 10.00. The van der Waals surface area contributed by atoms with Crippen LogP contribution >= 0.6 is 0 Å². The highest BCUT2D eigenvalue weighted by molar-refractivity contribution is 6.04. The van der Waals surface area contributed by atoms with Gasteiger partial charge in [-0.05, 0) is 67.9 Å². The summed E-state index contributed by atoms with van der Waals surface area (Å²) in [7, 11) is 0. The normalized spacial score (nSPS) is 10.2. The second kappa shape index (κ2) is 10.3. The van der Waals surface area contributed by atoms with E-state index < -0.39 is 5.97 Å². The summed E-state index contributed by atoms with van der Waals surface area (Å²) in [6, 6.07) is 18.8. The van der Waals surface area contributed by atoms with Crippen LogP contribution in [0.2, 0.25) is 0 Å². The van der Waals surface area contributed by atoms with Crippen LogP contribution in [0, 0.1) is 13.8 Å². The molecule has 7 heteroatoms. The van der Waals surface area contributed by atoms with E-state index in [0.29, 0.717) is 28.4 Å². The van der Waals surface area contributed by atoms with E-state index in [-0.39, 0.29) is 18.4 Å². The van der Waals surface area contributed by atoms with Crippen molar-refractivity contribution in [2.75, 3.05) is 17.2 Å². The van der Waals surface area contributed by atoms with Gasteiger partial charge in [-0.15, -0.1) is 0 Å². The summed E-state index contributed by atoms with van der Waals surface area (Å²) in [6.45, 7) is 5.11. The van der Waals surface area contributed by atoms with E-state index in [0.717, 1.165) is 11.1 Å². The minimum atomic E-state index is -0.459. The molecule has 0 bridgehead atoms. The molecule has 0 unspecified atom stereocenters. The van der Waals surface area contributed by atoms with Gasteiger partial charge in [-0.2, -0.15) is 0 Å². The van der Waals surface area contributed by atoms with Gasteiger partial charge in [0.05, 0.1) is 0 Å². The number of benzene rings is 3. The zero-order valence-corrected chi connectivity index (χ0v) is 18.1. The molecule has 0 fully saturated rings. The molecule has 3 aromatic carbocycles. The number of ether oxygens (including phenoxy) is 2. The van der Waals surface area contributed by atoms with Crippen LogP contribution in [0.5, 0.6) is 11.5 Å². The number of hydrogen-bond donors (Lipinski definition) is 2. The van der Waals surface area contributed by atoms with Crippen molar-refractivity contribution in [2.24, 2.45) is 0 Å². The lowest BCUT2D eigenvalue weighted by Crippen LogP contribution is -2.20. The lowest BCUT2D eigenvalue weighted by atomic mass is 10.1. The second-order valence-corrected chi connectivity index (χ2v) is 7.26. The summed E-state index contributed by atoms with van der Waals surface area (Å²) in [5.74, 6) is -0.130. The Balaban J connectivity index is 1.53. The molecule has 2 N–H and O–H groups in total. The number of anilines is 2. The molecule has 0 saturated heterocycles. The van der Waals surface area contributed by atoms with E-state index in [4.69, 9.17) is 9.47 Å². The highest BCUT2D eigenvalue weighted by Crippen LogP contribution is 2.20. The maximum Gasteiger partial charge on any atom is 0.308 e. The lowest BCUT2D eigenvalue weighted by molar-refractivity contribution is -0.131. The van der Waals surface area contributed by atoms with Crippen molar-refractivity contribution < 1.29 is 23.9 Å². The van der Waals surface area contributed by atoms with Gasteiger partial charge in [-0.1, -0.05) is 23.8 Å². The van der Waals surface area contributed by atoms with Crippen LogP contribution < -0.4 is 20.1 Å². The van der Waals surface area contributed by atoms with Crippen molar-refractivity contribution in [3.63, 3.8) is 0 Å². The van der Waals surface area contributed by atoms with Gasteiger partial charge in [0.15, 0.2) is 6.61 Å². The van der Waals surface area contributed by atoms with Crippen LogP contribution in [-0.2, 0) is 9.59 Å². The van der Waals surface area contributed by atoms with Crippen molar-refractivity contribution in [1.29, 1.82) is 0 Å². The first kappa shape index (κ1) is 22.6. The molecule has 0 spiro atoms. The third-order valence-electron chi connectivity index (χ3n) is 4.47. The molecule has 0 aliphatic rings. The van der Waals surface area contributed by atoms with Crippen molar-refractivity contribution in [2.45, 2.75) is 20.8 Å². The predicted molar refractivity (Wildman–Crippen MR) is 122 cm³/mol. The fourth-order valence-electron chi connectivity index (χ4n) is 3.01. The predicted octanol–water partition coefficient (Wildman–Crippen LogP) is 4.50. The Labute approximate surface area is 186 Å². The van der Waals surface area contributed by atoms with Crippen LogP contribution in [-0.4, -0.2) is 24.4 Å². The van der Waals surface area contributed by atoms with Crippen LogP contribution in [0.15, 0.2) is 66.7 Å². The van der Waals surface area contributed by atoms with Crippen LogP contribution in [0.3, 0.4) is 0 Å². The Kier molecular flexibility index (Phi) is 7.23. The van der Waals surface area contributed by atoms with Crippen LogP contribution in [0.25, 0.3) is 0 Å². The maximum absolute atomic E-state index is 12.4. The van der Waals surface area contributed by atoms with E-state index >= 15 is 0 Å². The summed E-state index contributed by atoms with van der Waals surface area (Å²) in [4.78, 5) is 35.7. The topological polar surface area (TPSA) is 93.7 Å². The quantitative estimate of drug-likeness (QED) is 0.424. The summed E-state index contributed by atoms with van der Waals surface area (Å²) < 4.78 is 10.6. The summed E-state index contributed by atoms with van der Waals surface area (Å²) in [5, 5.41) is 5.52. The van der Waals surface area contributed by atoms with Gasteiger partial charge in [0.25, 0.3) is 11.8 Å². The third-order valence-corrected chi connectivity index (χ3v) is 4.47. The SMILES string of the molecule is CC(=O)Oc1cccc(C(=O)Nc2ccc(NC(=O)COc3ccc(C)cc3C)cc2)c1. The fraction of sp³-hybridized carbons (Fsp3) is 0.160. The third kappa shape index (κ3) is 6.43. The van der Waals surface area contributed by atoms with Gasteiger partial charge in [0.2, 0.25) is 0 Å². The molecule has 3 rings (SSSR count). The molecule has 7 nitrogen and oxygen atoms in total. The van der Waals surface area contributed by atoms with Crippen molar-refractivity contribution in [3.05, 3.63) is 83.4 Å². The Morgan fingerprint density at radius 1 is 0.844 bits per heavy atom. The summed E-state index contributed by atoms with van der Waals surface area (Å²) >= 11 is 0. The zero-order valence-electron chi connectivity index (χ0n) is 18.1. The molecule has 0 aliphatic heterocycles. The molecular formula is C25H24N2O5. The van der Waals surface area contributed by atoms with E-state index in [1.54, 1.807) is 42.5 Å². The Bertz CT molecular complexity index is 1140.